The molecule has 0 radical (unpaired) electrons. The Balaban J connectivity index is 2.50. The van der Waals surface area contributed by atoms with Crippen LogP contribution in [0.25, 0.3) is 0 Å². The highest BCUT2D eigenvalue weighted by Gasteiger charge is 2.37. The van der Waals surface area contributed by atoms with Gasteiger partial charge in [-0.25, -0.2) is 4.79 Å². The molecule has 2 rings (SSSR count). The van der Waals surface area contributed by atoms with Crippen molar-refractivity contribution < 1.29 is 73.5 Å². The molecule has 0 fully saturated rings. The van der Waals surface area contributed by atoms with Gasteiger partial charge in [-0.3, -0.25) is 43.2 Å². The number of hydrogen-bond acceptors (Lipinski definition) is 14. The first-order valence-corrected chi connectivity index (χ1v) is 22.2. The smallest absolute Gasteiger partial charge is 0.326 e. The summed E-state index contributed by atoms with van der Waals surface area (Å²) in [6.07, 6.45) is -3.36. The van der Waals surface area contributed by atoms with Gasteiger partial charge in [0.25, 0.3) is 0 Å². The van der Waals surface area contributed by atoms with Gasteiger partial charge in [0.05, 0.1) is 18.6 Å². The van der Waals surface area contributed by atoms with Crippen molar-refractivity contribution in [2.45, 2.75) is 134 Å². The maximum Gasteiger partial charge on any atom is 0.326 e. The minimum Gasteiger partial charge on any atom is -0.508 e. The summed E-state index contributed by atoms with van der Waals surface area (Å²) in [7, 11) is 0. The second-order valence-electron chi connectivity index (χ2n) is 16.8. The number of carboxylic acid groups (broad SMARTS) is 3. The number of unbranched alkanes of at least 4 members (excludes halogenated alkanes) is 1. The average Bonchev–Trinajstić information content (AvgIpc) is 3.27. The summed E-state index contributed by atoms with van der Waals surface area (Å²) >= 11 is 0. The number of nitrogens with one attached hydrogen (secondary N) is 7. The number of carbonyl (C=O) groups is 10. The van der Waals surface area contributed by atoms with Crippen molar-refractivity contribution in [1.82, 2.24) is 37.2 Å². The van der Waals surface area contributed by atoms with Crippen molar-refractivity contribution in [1.29, 1.82) is 0 Å². The number of phenols is 1. The summed E-state index contributed by atoms with van der Waals surface area (Å²) in [5.41, 5.74) is 12.0. The first kappa shape index (κ1) is 57.9. The SMILES string of the molecule is CC(C)[C@H](NC(=O)[C@H](Cc1ccc(O)cc1)NC(=O)[C@H](Cc1ccccc1)NC(=O)[C@@H](NC(=O)[C@H](CCC(=O)O)NC(=O)[C@H](C)N)[C@@H](C)O)C(=O)N[C@@H](CC(=O)O)C(=O)N[C@@H](CCCCN)C(=O)O. The molecule has 0 aromatic heterocycles. The van der Waals surface area contributed by atoms with Crippen LogP contribution < -0.4 is 48.7 Å². The molecule has 9 atom stereocenters. The van der Waals surface area contributed by atoms with E-state index in [4.69, 9.17) is 11.5 Å². The number of nitrogens with two attached hydrogens (primary N) is 2. The standard InChI is InChI=1S/C45H65N9O15/c1-23(2)36(43(66)52-33(22-35(59)60)41(64)49-30(45(68)69)12-8-9-19-46)53-42(65)32(21-27-13-15-28(56)16-14-27)50-40(63)31(20-26-10-6-5-7-11-26)51-44(67)37(25(4)55)54-39(62)29(17-18-34(57)58)48-38(61)24(3)47/h5-7,10-11,13-16,23-25,29-33,36-37,55-56H,8-9,12,17-22,46-47H2,1-4H3,(H,48,61)(H,49,64)(H,50,63)(H,51,67)(H,52,66)(H,53,65)(H,54,62)(H,57,58)(H,59,60)(H,68,69)/t24-,25+,29-,30-,31-,32-,33-,36-,37-/m0/s1. The zero-order valence-corrected chi connectivity index (χ0v) is 38.8. The van der Waals surface area contributed by atoms with Gasteiger partial charge in [-0.1, -0.05) is 56.3 Å². The number of aliphatic hydroxyl groups excluding tert-OH is 1. The first-order chi connectivity index (χ1) is 32.4. The van der Waals surface area contributed by atoms with Gasteiger partial charge in [-0.15, -0.1) is 0 Å². The Hall–Kier alpha value is -7.18. The molecule has 0 saturated heterocycles. The molecule has 0 bridgehead atoms. The number of aliphatic carboxylic acids is 3. The van der Waals surface area contributed by atoms with E-state index in [-0.39, 0.29) is 31.6 Å². The lowest BCUT2D eigenvalue weighted by molar-refractivity contribution is -0.144. The van der Waals surface area contributed by atoms with Gasteiger partial charge in [-0.2, -0.15) is 0 Å². The van der Waals surface area contributed by atoms with Crippen LogP contribution in [0.5, 0.6) is 5.75 Å². The summed E-state index contributed by atoms with van der Waals surface area (Å²) in [6, 6.07) is 1.56. The molecule has 0 aliphatic heterocycles. The molecule has 0 aliphatic rings. The Morgan fingerprint density at radius 2 is 0.986 bits per heavy atom. The number of benzene rings is 2. The van der Waals surface area contributed by atoms with Crippen molar-refractivity contribution in [3.8, 4) is 5.75 Å². The van der Waals surface area contributed by atoms with E-state index >= 15 is 0 Å². The van der Waals surface area contributed by atoms with Gasteiger partial charge in [0.15, 0.2) is 0 Å². The van der Waals surface area contributed by atoms with E-state index in [1.165, 1.54) is 45.0 Å². The average molecular weight is 972 g/mol. The van der Waals surface area contributed by atoms with E-state index in [1.54, 1.807) is 30.3 Å². The van der Waals surface area contributed by atoms with Crippen molar-refractivity contribution in [3.63, 3.8) is 0 Å². The fraction of sp³-hybridized carbons (Fsp3) is 0.511. The molecular formula is C45H65N9O15. The molecule has 0 spiro atoms. The van der Waals surface area contributed by atoms with Crippen LogP contribution in [-0.4, -0.2) is 146 Å². The Bertz CT molecular complexity index is 2090. The summed E-state index contributed by atoms with van der Waals surface area (Å²) in [5, 5.41) is 65.8. The minimum atomic E-state index is -1.79. The molecule has 69 heavy (non-hydrogen) atoms. The highest BCUT2D eigenvalue weighted by Crippen LogP contribution is 2.14. The summed E-state index contributed by atoms with van der Waals surface area (Å²) in [6.45, 7) is 5.77. The van der Waals surface area contributed by atoms with Gasteiger partial charge < -0.3 is 74.2 Å². The zero-order valence-electron chi connectivity index (χ0n) is 38.8. The Morgan fingerprint density at radius 1 is 0.522 bits per heavy atom. The molecule has 24 nitrogen and oxygen atoms in total. The lowest BCUT2D eigenvalue weighted by Crippen LogP contribution is -2.62. The second-order valence-corrected chi connectivity index (χ2v) is 16.8. The predicted molar refractivity (Wildman–Crippen MR) is 245 cm³/mol. The number of hydrogen-bond donors (Lipinski definition) is 14. The van der Waals surface area contributed by atoms with Crippen LogP contribution >= 0.6 is 0 Å². The summed E-state index contributed by atoms with van der Waals surface area (Å²) in [4.78, 5) is 130. The van der Waals surface area contributed by atoms with Crippen molar-refractivity contribution in [2.24, 2.45) is 17.4 Å². The Labute approximate surface area is 398 Å². The molecule has 2 aromatic carbocycles. The predicted octanol–water partition coefficient (Wildman–Crippen LogP) is -2.49. The zero-order chi connectivity index (χ0) is 52.0. The third-order valence-electron chi connectivity index (χ3n) is 10.5. The number of carbonyl (C=O) groups excluding carboxylic acids is 7. The topological polar surface area (TPSA) is 408 Å². The molecule has 0 saturated carbocycles. The molecule has 380 valence electrons. The van der Waals surface area contributed by atoms with Crippen LogP contribution in [0, 0.1) is 5.92 Å². The van der Waals surface area contributed by atoms with Crippen LogP contribution in [0.3, 0.4) is 0 Å². The molecule has 2 aromatic rings. The number of aliphatic hydroxyl groups is 1. The quantitative estimate of drug-likeness (QED) is 0.0360. The lowest BCUT2D eigenvalue weighted by Gasteiger charge is -2.29. The molecule has 24 heteroatoms. The summed E-state index contributed by atoms with van der Waals surface area (Å²) < 4.78 is 0. The van der Waals surface area contributed by atoms with E-state index in [0.717, 1.165) is 6.92 Å². The number of aromatic hydroxyl groups is 1. The number of amides is 7. The monoisotopic (exact) mass is 971 g/mol. The van der Waals surface area contributed by atoms with E-state index in [1.807, 2.05) is 0 Å². The van der Waals surface area contributed by atoms with Crippen LogP contribution in [0.4, 0.5) is 0 Å². The number of rotatable bonds is 30. The van der Waals surface area contributed by atoms with Crippen molar-refractivity contribution >= 4 is 59.3 Å². The largest absolute Gasteiger partial charge is 0.508 e. The second kappa shape index (κ2) is 28.9. The maximum atomic E-state index is 14.4. The van der Waals surface area contributed by atoms with E-state index in [9.17, 15) is 73.5 Å². The molecule has 7 amide bonds. The van der Waals surface area contributed by atoms with Gasteiger partial charge in [0.1, 0.15) is 48.0 Å². The van der Waals surface area contributed by atoms with Gasteiger partial charge in [0.2, 0.25) is 41.4 Å². The third kappa shape index (κ3) is 20.7. The van der Waals surface area contributed by atoms with Crippen LogP contribution in [0.1, 0.15) is 77.3 Å². The van der Waals surface area contributed by atoms with Crippen molar-refractivity contribution in [2.75, 3.05) is 6.54 Å². The fourth-order valence-electron chi connectivity index (χ4n) is 6.63. The van der Waals surface area contributed by atoms with Gasteiger partial charge in [-0.05, 0) is 75.3 Å². The normalized spacial score (nSPS) is 15.0. The maximum absolute atomic E-state index is 14.4. The van der Waals surface area contributed by atoms with Crippen LogP contribution in [0.15, 0.2) is 54.6 Å². The first-order valence-electron chi connectivity index (χ1n) is 22.2. The van der Waals surface area contributed by atoms with Gasteiger partial charge >= 0.3 is 17.9 Å². The molecule has 0 aliphatic carbocycles. The minimum absolute atomic E-state index is 0.0367. The van der Waals surface area contributed by atoms with Crippen LogP contribution in [0.2, 0.25) is 0 Å². The highest BCUT2D eigenvalue weighted by molar-refractivity contribution is 5.98. The third-order valence-corrected chi connectivity index (χ3v) is 10.5. The summed E-state index contributed by atoms with van der Waals surface area (Å²) in [5.74, 6) is -12.2. The molecule has 0 heterocycles. The van der Waals surface area contributed by atoms with E-state index in [0.29, 0.717) is 24.0 Å². The lowest BCUT2D eigenvalue weighted by atomic mass is 9.99. The molecular weight excluding hydrogens is 907 g/mol. The van der Waals surface area contributed by atoms with Crippen LogP contribution in [-0.2, 0) is 60.8 Å². The Morgan fingerprint density at radius 3 is 1.49 bits per heavy atom. The number of carboxylic acids is 3. The highest BCUT2D eigenvalue weighted by atomic mass is 16.4. The fourth-order valence-corrected chi connectivity index (χ4v) is 6.63. The van der Waals surface area contributed by atoms with Crippen molar-refractivity contribution in [3.05, 3.63) is 65.7 Å². The molecule has 0 unspecified atom stereocenters. The van der Waals surface area contributed by atoms with E-state index in [2.05, 4.69) is 37.2 Å². The van der Waals surface area contributed by atoms with E-state index < -0.39 is 139 Å². The molecule has 16 N–H and O–H groups in total. The number of phenolic OH excluding ortho intramolecular Hbond substituents is 1. The Kier molecular flexibility index (Phi) is 24.2. The van der Waals surface area contributed by atoms with Gasteiger partial charge in [0, 0.05) is 19.3 Å².